The minimum Gasteiger partial charge on any atom is -0.444 e. The van der Waals surface area contributed by atoms with Gasteiger partial charge in [-0.2, -0.15) is 0 Å². The number of nitrogens with zero attached hydrogens (tertiary/aromatic N) is 1. The molecule has 1 aromatic rings. The number of pyridine rings is 1. The number of carbonyl (C=O) groups excluding carboxylic acids is 1. The van der Waals surface area contributed by atoms with E-state index in [1.54, 1.807) is 27.0 Å². The molecule has 0 bridgehead atoms. The monoisotopic (exact) mass is 280 g/mol. The summed E-state index contributed by atoms with van der Waals surface area (Å²) in [6.07, 6.45) is 1.11. The molecule has 0 aromatic carbocycles. The topological polar surface area (TPSA) is 51.2 Å². The second-order valence-electron chi connectivity index (χ2n) is 4.99. The fourth-order valence-corrected chi connectivity index (χ4v) is 1.31. The molecule has 0 saturated heterocycles. The van der Waals surface area contributed by atoms with Gasteiger partial charge in [-0.25, -0.2) is 9.78 Å². The molecular formula is C14H17ClN2O2. The number of aryl methyl sites for hydroxylation is 1. The summed E-state index contributed by atoms with van der Waals surface area (Å²) in [7, 11) is 0. The van der Waals surface area contributed by atoms with Gasteiger partial charge >= 0.3 is 6.09 Å². The lowest BCUT2D eigenvalue weighted by molar-refractivity contribution is 0.0535. The molecule has 0 aliphatic heterocycles. The summed E-state index contributed by atoms with van der Waals surface area (Å²) in [6, 6.07) is 1.84. The Bertz CT molecular complexity index is 524. The first-order chi connectivity index (χ1) is 8.78. The van der Waals surface area contributed by atoms with E-state index in [1.807, 2.05) is 13.0 Å². The van der Waals surface area contributed by atoms with Crippen LogP contribution >= 0.6 is 11.6 Å². The van der Waals surface area contributed by atoms with Crippen LogP contribution in [0.2, 0.25) is 5.15 Å². The van der Waals surface area contributed by atoms with Gasteiger partial charge in [0.05, 0.1) is 6.54 Å². The minimum absolute atomic E-state index is 0.219. The lowest BCUT2D eigenvalue weighted by atomic mass is 10.2. The highest BCUT2D eigenvalue weighted by Gasteiger charge is 2.14. The number of hydrogen-bond acceptors (Lipinski definition) is 3. The van der Waals surface area contributed by atoms with Crippen molar-refractivity contribution in [1.82, 2.24) is 10.3 Å². The largest absolute Gasteiger partial charge is 0.444 e. The van der Waals surface area contributed by atoms with Crippen molar-refractivity contribution >= 4 is 17.7 Å². The number of ether oxygens (including phenoxy) is 1. The van der Waals surface area contributed by atoms with Crippen LogP contribution in [0, 0.1) is 18.8 Å². The number of carbonyl (C=O) groups is 1. The fraction of sp³-hybridized carbons (Fsp3) is 0.429. The Kier molecular flexibility index (Phi) is 5.20. The molecule has 1 aromatic heterocycles. The van der Waals surface area contributed by atoms with E-state index >= 15 is 0 Å². The predicted octanol–water partition coefficient (Wildman–Crippen LogP) is 2.92. The zero-order chi connectivity index (χ0) is 14.5. The normalized spacial score (nSPS) is 10.4. The van der Waals surface area contributed by atoms with Crippen LogP contribution in [-0.4, -0.2) is 23.2 Å². The number of hydrogen-bond donors (Lipinski definition) is 1. The molecule has 1 heterocycles. The highest BCUT2D eigenvalue weighted by Crippen LogP contribution is 2.11. The molecule has 0 atom stereocenters. The quantitative estimate of drug-likeness (QED) is 0.636. The predicted molar refractivity (Wildman–Crippen MR) is 75.1 cm³/mol. The molecule has 0 saturated carbocycles. The van der Waals surface area contributed by atoms with Gasteiger partial charge in [-0.05, 0) is 39.3 Å². The molecular weight excluding hydrogens is 264 g/mol. The summed E-state index contributed by atoms with van der Waals surface area (Å²) in [4.78, 5) is 15.3. The van der Waals surface area contributed by atoms with E-state index in [0.29, 0.717) is 5.15 Å². The minimum atomic E-state index is -0.505. The van der Waals surface area contributed by atoms with Crippen molar-refractivity contribution in [3.8, 4) is 11.8 Å². The first kappa shape index (κ1) is 15.3. The second-order valence-corrected chi connectivity index (χ2v) is 5.35. The van der Waals surface area contributed by atoms with Gasteiger partial charge in [0.25, 0.3) is 0 Å². The zero-order valence-electron chi connectivity index (χ0n) is 11.5. The molecule has 0 fully saturated rings. The van der Waals surface area contributed by atoms with Crippen molar-refractivity contribution < 1.29 is 9.53 Å². The van der Waals surface area contributed by atoms with E-state index in [4.69, 9.17) is 16.3 Å². The molecule has 0 spiro atoms. The van der Waals surface area contributed by atoms with Gasteiger partial charge in [-0.15, -0.1) is 0 Å². The summed E-state index contributed by atoms with van der Waals surface area (Å²) in [5, 5.41) is 3.02. The first-order valence-corrected chi connectivity index (χ1v) is 6.23. The molecule has 5 heteroatoms. The van der Waals surface area contributed by atoms with Crippen LogP contribution in [0.25, 0.3) is 0 Å². The maximum Gasteiger partial charge on any atom is 0.408 e. The summed E-state index contributed by atoms with van der Waals surface area (Å²) in [6.45, 7) is 7.50. The smallest absolute Gasteiger partial charge is 0.408 e. The van der Waals surface area contributed by atoms with Gasteiger partial charge in [0.15, 0.2) is 0 Å². The van der Waals surface area contributed by atoms with Gasteiger partial charge < -0.3 is 10.1 Å². The lowest BCUT2D eigenvalue weighted by Gasteiger charge is -2.18. The van der Waals surface area contributed by atoms with Gasteiger partial charge in [0.2, 0.25) is 0 Å². The van der Waals surface area contributed by atoms with E-state index in [2.05, 4.69) is 22.1 Å². The van der Waals surface area contributed by atoms with E-state index < -0.39 is 11.7 Å². The number of halogens is 1. The van der Waals surface area contributed by atoms with E-state index in [1.165, 1.54) is 0 Å². The van der Waals surface area contributed by atoms with Crippen LogP contribution in [0.1, 0.15) is 31.9 Å². The zero-order valence-corrected chi connectivity index (χ0v) is 12.3. The van der Waals surface area contributed by atoms with Gasteiger partial charge in [0, 0.05) is 11.8 Å². The van der Waals surface area contributed by atoms with Crippen LogP contribution < -0.4 is 5.32 Å². The van der Waals surface area contributed by atoms with Crippen LogP contribution in [0.3, 0.4) is 0 Å². The molecule has 1 amide bonds. The molecule has 0 aliphatic rings. The average Bonchev–Trinajstić information content (AvgIpc) is 2.27. The molecule has 102 valence electrons. The Morgan fingerprint density at radius 1 is 1.53 bits per heavy atom. The third-order valence-electron chi connectivity index (χ3n) is 1.97. The average molecular weight is 281 g/mol. The Morgan fingerprint density at radius 2 is 2.21 bits per heavy atom. The van der Waals surface area contributed by atoms with E-state index in [9.17, 15) is 4.79 Å². The maximum atomic E-state index is 11.3. The van der Waals surface area contributed by atoms with Crippen LogP contribution in [0.15, 0.2) is 12.3 Å². The molecule has 4 nitrogen and oxygen atoms in total. The Balaban J connectivity index is 2.47. The van der Waals surface area contributed by atoms with Crippen molar-refractivity contribution in [3.63, 3.8) is 0 Å². The highest BCUT2D eigenvalue weighted by atomic mass is 35.5. The lowest BCUT2D eigenvalue weighted by Crippen LogP contribution is -2.32. The third-order valence-corrected chi connectivity index (χ3v) is 2.36. The number of aromatic nitrogens is 1. The standard InChI is InChI=1S/C14H17ClN2O2/c1-10-8-11(9-17-12(10)15)6-5-7-16-13(18)19-14(2,3)4/h8-9H,7H2,1-4H3,(H,16,18). The third kappa shape index (κ3) is 6.12. The van der Waals surface area contributed by atoms with Crippen molar-refractivity contribution in [2.45, 2.75) is 33.3 Å². The van der Waals surface area contributed by atoms with Crippen LogP contribution in [0.5, 0.6) is 0 Å². The van der Waals surface area contributed by atoms with Crippen molar-refractivity contribution in [2.75, 3.05) is 6.54 Å². The van der Waals surface area contributed by atoms with Crippen LogP contribution in [-0.2, 0) is 4.74 Å². The van der Waals surface area contributed by atoms with Crippen LogP contribution in [0.4, 0.5) is 4.79 Å². The summed E-state index contributed by atoms with van der Waals surface area (Å²) < 4.78 is 5.08. The van der Waals surface area contributed by atoms with Crippen molar-refractivity contribution in [3.05, 3.63) is 28.5 Å². The molecule has 0 radical (unpaired) electrons. The fourth-order valence-electron chi connectivity index (χ4n) is 1.20. The van der Waals surface area contributed by atoms with Crippen molar-refractivity contribution in [1.29, 1.82) is 0 Å². The van der Waals surface area contributed by atoms with E-state index in [-0.39, 0.29) is 6.54 Å². The molecule has 1 N–H and O–H groups in total. The second kappa shape index (κ2) is 6.44. The van der Waals surface area contributed by atoms with Gasteiger partial charge in [-0.1, -0.05) is 23.4 Å². The molecule has 0 aliphatic carbocycles. The summed E-state index contributed by atoms with van der Waals surface area (Å²) in [5.41, 5.74) is 1.12. The maximum absolute atomic E-state index is 11.3. The highest BCUT2D eigenvalue weighted by molar-refractivity contribution is 6.30. The summed E-state index contributed by atoms with van der Waals surface area (Å²) in [5.74, 6) is 5.71. The van der Waals surface area contributed by atoms with E-state index in [0.717, 1.165) is 11.1 Å². The number of rotatable bonds is 1. The Hall–Kier alpha value is -1.73. The molecule has 1 rings (SSSR count). The number of nitrogens with one attached hydrogen (secondary N) is 1. The first-order valence-electron chi connectivity index (χ1n) is 5.86. The number of amides is 1. The summed E-state index contributed by atoms with van der Waals surface area (Å²) >= 11 is 5.81. The van der Waals surface area contributed by atoms with Gasteiger partial charge in [0.1, 0.15) is 10.8 Å². The van der Waals surface area contributed by atoms with Gasteiger partial charge in [-0.3, -0.25) is 0 Å². The Morgan fingerprint density at radius 3 is 2.79 bits per heavy atom. The Labute approximate surface area is 118 Å². The van der Waals surface area contributed by atoms with Crippen molar-refractivity contribution in [2.24, 2.45) is 0 Å². The SMILES string of the molecule is Cc1cc(C#CCNC(=O)OC(C)(C)C)cnc1Cl. The molecule has 0 unspecified atom stereocenters. The molecule has 19 heavy (non-hydrogen) atoms. The number of alkyl carbamates (subject to hydrolysis) is 1.